The minimum Gasteiger partial charge on any atom is -0.497 e. The van der Waals surface area contributed by atoms with Crippen LogP contribution in [-0.2, 0) is 0 Å². The van der Waals surface area contributed by atoms with Gasteiger partial charge in [0.25, 0.3) is 0 Å². The van der Waals surface area contributed by atoms with E-state index in [2.05, 4.69) is 0 Å². The molecule has 3 rings (SSSR count). The van der Waals surface area contributed by atoms with Crippen LogP contribution in [0.3, 0.4) is 0 Å². The lowest BCUT2D eigenvalue weighted by Crippen LogP contribution is -2.00. The number of benzene rings is 2. The van der Waals surface area contributed by atoms with Crippen LogP contribution in [0.1, 0.15) is 26.3 Å². The van der Waals surface area contributed by atoms with Crippen molar-refractivity contribution in [2.45, 2.75) is 0 Å². The van der Waals surface area contributed by atoms with E-state index in [9.17, 15) is 9.59 Å². The van der Waals surface area contributed by atoms with E-state index < -0.39 is 5.97 Å². The number of fused-ring (bicyclic) bond motifs is 1. The molecule has 5 nitrogen and oxygen atoms in total. The Hall–Kier alpha value is -3.08. The van der Waals surface area contributed by atoms with Gasteiger partial charge in [-0.25, -0.2) is 4.79 Å². The quantitative estimate of drug-likeness (QED) is 0.881. The number of rotatable bonds is 3. The number of Topliss-reactive ketones (excluding diaryl/α,β-unsaturated/α-hetero) is 1. The van der Waals surface area contributed by atoms with Crippen LogP contribution in [0.25, 0.3) is 6.08 Å². The Morgan fingerprint density at radius 2 is 1.91 bits per heavy atom. The summed E-state index contributed by atoms with van der Waals surface area (Å²) < 4.78 is 10.6. The molecular weight excluding hydrogens is 284 g/mol. The fourth-order valence-corrected chi connectivity index (χ4v) is 2.17. The standard InChI is InChI=1S/C17H12O5/c1-21-12-5-2-10(3-6-12)8-15-16(18)13-9-11(17(19)20)4-7-14(13)22-15/h2-9H,1H3,(H,19,20). The van der Waals surface area contributed by atoms with E-state index in [0.29, 0.717) is 5.75 Å². The second kappa shape index (κ2) is 5.37. The molecular formula is C17H12O5. The van der Waals surface area contributed by atoms with E-state index in [4.69, 9.17) is 14.6 Å². The lowest BCUT2D eigenvalue weighted by atomic mass is 10.1. The minimum absolute atomic E-state index is 0.0568. The van der Waals surface area contributed by atoms with Gasteiger partial charge in [0, 0.05) is 0 Å². The lowest BCUT2D eigenvalue weighted by molar-refractivity contribution is 0.0697. The Bertz CT molecular complexity index is 787. The zero-order chi connectivity index (χ0) is 15.7. The normalized spacial score (nSPS) is 14.6. The molecule has 1 aliphatic heterocycles. The van der Waals surface area contributed by atoms with Crippen LogP contribution in [0.5, 0.6) is 11.5 Å². The highest BCUT2D eigenvalue weighted by molar-refractivity contribution is 6.15. The van der Waals surface area contributed by atoms with Crippen molar-refractivity contribution < 1.29 is 24.2 Å². The van der Waals surface area contributed by atoms with Crippen LogP contribution < -0.4 is 9.47 Å². The highest BCUT2D eigenvalue weighted by Crippen LogP contribution is 2.32. The third-order valence-corrected chi connectivity index (χ3v) is 3.33. The first kappa shape index (κ1) is 13.9. The average molecular weight is 296 g/mol. The van der Waals surface area contributed by atoms with E-state index >= 15 is 0 Å². The highest BCUT2D eigenvalue weighted by Gasteiger charge is 2.28. The van der Waals surface area contributed by atoms with Crippen LogP contribution in [0.2, 0.25) is 0 Å². The number of carbonyl (C=O) groups is 2. The maximum absolute atomic E-state index is 12.3. The number of carboxylic acids is 1. The molecule has 5 heteroatoms. The largest absolute Gasteiger partial charge is 0.497 e. The number of hydrogen-bond donors (Lipinski definition) is 1. The minimum atomic E-state index is -1.08. The summed E-state index contributed by atoms with van der Waals surface area (Å²) >= 11 is 0. The van der Waals surface area contributed by atoms with Crippen molar-refractivity contribution in [2.75, 3.05) is 7.11 Å². The maximum Gasteiger partial charge on any atom is 0.335 e. The Morgan fingerprint density at radius 1 is 1.18 bits per heavy atom. The smallest absolute Gasteiger partial charge is 0.335 e. The predicted octanol–water partition coefficient (Wildman–Crippen LogP) is 3.01. The van der Waals surface area contributed by atoms with Crippen LogP contribution in [0.4, 0.5) is 0 Å². The lowest BCUT2D eigenvalue weighted by Gasteiger charge is -2.01. The zero-order valence-corrected chi connectivity index (χ0v) is 11.7. The number of carboxylic acid groups (broad SMARTS) is 1. The Balaban J connectivity index is 1.92. The van der Waals surface area contributed by atoms with E-state index in [0.717, 1.165) is 11.3 Å². The van der Waals surface area contributed by atoms with Gasteiger partial charge in [0.05, 0.1) is 18.2 Å². The number of hydrogen-bond acceptors (Lipinski definition) is 4. The number of allylic oxidation sites excluding steroid dienone is 1. The van der Waals surface area contributed by atoms with Gasteiger partial charge in [-0.3, -0.25) is 4.79 Å². The SMILES string of the molecule is COc1ccc(C=C2Oc3ccc(C(=O)O)cc3C2=O)cc1. The number of carbonyl (C=O) groups excluding carboxylic acids is 1. The molecule has 0 amide bonds. The number of aromatic carboxylic acids is 1. The summed E-state index contributed by atoms with van der Waals surface area (Å²) in [5.74, 6) is -0.148. The number of methoxy groups -OCH3 is 1. The first-order chi connectivity index (χ1) is 10.6. The molecule has 0 saturated carbocycles. The van der Waals surface area contributed by atoms with E-state index in [-0.39, 0.29) is 22.7 Å². The van der Waals surface area contributed by atoms with Crippen molar-refractivity contribution in [3.05, 3.63) is 64.9 Å². The molecule has 0 bridgehead atoms. The monoisotopic (exact) mass is 296 g/mol. The molecule has 0 spiro atoms. The Kier molecular flexibility index (Phi) is 3.39. The zero-order valence-electron chi connectivity index (χ0n) is 11.7. The molecule has 2 aromatic carbocycles. The van der Waals surface area contributed by atoms with E-state index in [1.54, 1.807) is 37.5 Å². The van der Waals surface area contributed by atoms with Gasteiger partial charge in [0.15, 0.2) is 5.76 Å². The summed E-state index contributed by atoms with van der Waals surface area (Å²) in [5, 5.41) is 8.97. The summed E-state index contributed by atoms with van der Waals surface area (Å²) in [4.78, 5) is 23.2. The fourth-order valence-electron chi connectivity index (χ4n) is 2.17. The number of ether oxygens (including phenoxy) is 2. The molecule has 2 aromatic rings. The van der Waals surface area contributed by atoms with Gasteiger partial charge in [0.1, 0.15) is 11.5 Å². The molecule has 0 unspecified atom stereocenters. The third-order valence-electron chi connectivity index (χ3n) is 3.33. The predicted molar refractivity (Wildman–Crippen MR) is 79.3 cm³/mol. The molecule has 22 heavy (non-hydrogen) atoms. The molecule has 110 valence electrons. The van der Waals surface area contributed by atoms with E-state index in [1.807, 2.05) is 0 Å². The van der Waals surface area contributed by atoms with Gasteiger partial charge in [-0.05, 0) is 42.0 Å². The Morgan fingerprint density at radius 3 is 2.55 bits per heavy atom. The van der Waals surface area contributed by atoms with Crippen molar-refractivity contribution in [3.8, 4) is 11.5 Å². The van der Waals surface area contributed by atoms with Crippen molar-refractivity contribution >= 4 is 17.8 Å². The molecule has 0 aromatic heterocycles. The van der Waals surface area contributed by atoms with Crippen molar-refractivity contribution in [1.82, 2.24) is 0 Å². The molecule has 1 aliphatic rings. The van der Waals surface area contributed by atoms with Crippen molar-refractivity contribution in [1.29, 1.82) is 0 Å². The van der Waals surface area contributed by atoms with Crippen molar-refractivity contribution in [2.24, 2.45) is 0 Å². The first-order valence-electron chi connectivity index (χ1n) is 6.54. The number of ketones is 1. The average Bonchev–Trinajstić information content (AvgIpc) is 2.84. The maximum atomic E-state index is 12.3. The fraction of sp³-hybridized carbons (Fsp3) is 0.0588. The van der Waals surface area contributed by atoms with Gasteiger partial charge >= 0.3 is 5.97 Å². The van der Waals surface area contributed by atoms with Gasteiger partial charge in [-0.1, -0.05) is 12.1 Å². The molecule has 0 atom stereocenters. The van der Waals surface area contributed by atoms with E-state index in [1.165, 1.54) is 18.2 Å². The summed E-state index contributed by atoms with van der Waals surface area (Å²) in [5.41, 5.74) is 1.11. The molecule has 1 heterocycles. The highest BCUT2D eigenvalue weighted by atomic mass is 16.5. The van der Waals surface area contributed by atoms with Crippen LogP contribution in [0, 0.1) is 0 Å². The van der Waals surface area contributed by atoms with Gasteiger partial charge < -0.3 is 14.6 Å². The first-order valence-corrected chi connectivity index (χ1v) is 6.54. The topological polar surface area (TPSA) is 72.8 Å². The molecule has 0 saturated heterocycles. The summed E-state index contributed by atoms with van der Waals surface area (Å²) in [6.07, 6.45) is 1.61. The Labute approximate surface area is 126 Å². The van der Waals surface area contributed by atoms with Gasteiger partial charge in [-0.2, -0.15) is 0 Å². The molecule has 1 N–H and O–H groups in total. The second-order valence-electron chi connectivity index (χ2n) is 4.73. The van der Waals surface area contributed by atoms with Crippen LogP contribution >= 0.6 is 0 Å². The second-order valence-corrected chi connectivity index (χ2v) is 4.73. The summed E-state index contributed by atoms with van der Waals surface area (Å²) in [6, 6.07) is 11.4. The van der Waals surface area contributed by atoms with Crippen LogP contribution in [-0.4, -0.2) is 24.0 Å². The van der Waals surface area contributed by atoms with Crippen molar-refractivity contribution in [3.63, 3.8) is 0 Å². The van der Waals surface area contributed by atoms with Gasteiger partial charge in [0.2, 0.25) is 5.78 Å². The molecule has 0 fully saturated rings. The van der Waals surface area contributed by atoms with Gasteiger partial charge in [-0.15, -0.1) is 0 Å². The molecule has 0 radical (unpaired) electrons. The van der Waals surface area contributed by atoms with Crippen LogP contribution in [0.15, 0.2) is 48.2 Å². The molecule has 0 aliphatic carbocycles. The summed E-state index contributed by atoms with van der Waals surface area (Å²) in [7, 11) is 1.58. The third kappa shape index (κ3) is 2.44. The summed E-state index contributed by atoms with van der Waals surface area (Å²) in [6.45, 7) is 0.